The molecule has 1 aliphatic carbocycles. The highest BCUT2D eigenvalue weighted by atomic mass is 32.1. The largest absolute Gasteiger partial charge is 0.343 e. The quantitative estimate of drug-likeness (QED) is 0.841. The van der Waals surface area contributed by atoms with E-state index in [1.54, 1.807) is 5.51 Å². The van der Waals surface area contributed by atoms with Crippen molar-refractivity contribution in [2.45, 2.75) is 44.9 Å². The number of amides is 2. The van der Waals surface area contributed by atoms with Gasteiger partial charge in [0.25, 0.3) is 5.91 Å². The molecule has 3 aliphatic rings. The molecule has 2 amide bonds. The van der Waals surface area contributed by atoms with Gasteiger partial charge in [-0.05, 0) is 43.4 Å². The Kier molecular flexibility index (Phi) is 4.33. The topological polar surface area (TPSA) is 53.5 Å². The van der Waals surface area contributed by atoms with Crippen LogP contribution in [-0.4, -0.2) is 52.8 Å². The molecule has 2 saturated heterocycles. The van der Waals surface area contributed by atoms with Crippen molar-refractivity contribution in [2.75, 3.05) is 26.2 Å². The van der Waals surface area contributed by atoms with Crippen LogP contribution in [0.25, 0.3) is 0 Å². The van der Waals surface area contributed by atoms with Crippen molar-refractivity contribution in [1.29, 1.82) is 0 Å². The molecule has 1 aromatic rings. The van der Waals surface area contributed by atoms with Crippen LogP contribution >= 0.6 is 11.3 Å². The molecule has 0 radical (unpaired) electrons. The average Bonchev–Trinajstić information content (AvgIpc) is 3.31. The number of aromatic nitrogens is 1. The summed E-state index contributed by atoms with van der Waals surface area (Å²) in [6.45, 7) is 3.52. The molecule has 6 heteroatoms. The van der Waals surface area contributed by atoms with Crippen LogP contribution in [0.3, 0.4) is 0 Å². The first kappa shape index (κ1) is 16.1. The van der Waals surface area contributed by atoms with Crippen LogP contribution in [0.4, 0.5) is 0 Å². The minimum Gasteiger partial charge on any atom is -0.343 e. The highest BCUT2D eigenvalue weighted by Crippen LogP contribution is 2.53. The van der Waals surface area contributed by atoms with Crippen LogP contribution in [0.5, 0.6) is 0 Å². The first-order valence-corrected chi connectivity index (χ1v) is 10.1. The molecule has 3 fully saturated rings. The molecule has 0 N–H and O–H groups in total. The molecule has 1 spiro atoms. The lowest BCUT2D eigenvalue weighted by atomic mass is 9.62. The van der Waals surface area contributed by atoms with Gasteiger partial charge in [-0.25, -0.2) is 4.98 Å². The molecule has 1 atom stereocenters. The third-order valence-corrected chi connectivity index (χ3v) is 6.85. The molecule has 4 rings (SSSR count). The van der Waals surface area contributed by atoms with Crippen molar-refractivity contribution >= 4 is 23.2 Å². The maximum absolute atomic E-state index is 12.6. The van der Waals surface area contributed by atoms with Gasteiger partial charge in [-0.2, -0.15) is 0 Å². The van der Waals surface area contributed by atoms with Crippen LogP contribution in [0, 0.1) is 11.3 Å². The molecule has 1 aromatic heterocycles. The summed E-state index contributed by atoms with van der Waals surface area (Å²) in [6, 6.07) is 0. The molecule has 0 bridgehead atoms. The van der Waals surface area contributed by atoms with Crippen LogP contribution in [0.15, 0.2) is 10.9 Å². The van der Waals surface area contributed by atoms with Gasteiger partial charge in [-0.15, -0.1) is 11.3 Å². The summed E-state index contributed by atoms with van der Waals surface area (Å²) in [4.78, 5) is 33.2. The van der Waals surface area contributed by atoms with Crippen molar-refractivity contribution < 1.29 is 9.59 Å². The van der Waals surface area contributed by atoms with Crippen LogP contribution < -0.4 is 0 Å². The first-order valence-electron chi connectivity index (χ1n) is 9.13. The van der Waals surface area contributed by atoms with E-state index in [4.69, 9.17) is 0 Å². The zero-order chi connectivity index (χ0) is 16.6. The van der Waals surface area contributed by atoms with E-state index in [1.807, 2.05) is 15.2 Å². The minimum absolute atomic E-state index is 0.0656. The van der Waals surface area contributed by atoms with Crippen molar-refractivity contribution in [2.24, 2.45) is 11.3 Å². The lowest BCUT2D eigenvalue weighted by Crippen LogP contribution is -2.39. The first-order chi connectivity index (χ1) is 11.7. The van der Waals surface area contributed by atoms with Gasteiger partial charge in [0.05, 0.1) is 5.51 Å². The van der Waals surface area contributed by atoms with E-state index in [-0.39, 0.29) is 11.3 Å². The van der Waals surface area contributed by atoms with Gasteiger partial charge in [0.1, 0.15) is 5.69 Å². The SMILES string of the molecule is O=C(CCC1CN(C(=O)c2cscn2)CC12CCC2)N1CCCC1. The lowest BCUT2D eigenvalue weighted by molar-refractivity contribution is -0.130. The molecule has 1 unspecified atom stereocenters. The van der Waals surface area contributed by atoms with Crippen LogP contribution in [0.2, 0.25) is 0 Å². The molecular formula is C18H25N3O2S. The lowest BCUT2D eigenvalue weighted by Gasteiger charge is -2.42. The van der Waals surface area contributed by atoms with Crippen molar-refractivity contribution in [3.63, 3.8) is 0 Å². The van der Waals surface area contributed by atoms with E-state index in [9.17, 15) is 9.59 Å². The molecule has 0 aromatic carbocycles. The number of thiazole rings is 1. The minimum atomic E-state index is 0.0656. The number of likely N-dealkylation sites (tertiary alicyclic amines) is 2. The van der Waals surface area contributed by atoms with Gasteiger partial charge >= 0.3 is 0 Å². The standard InChI is InChI=1S/C18H25N3O2S/c22-16(20-8-1-2-9-20)5-4-14-10-21(12-18(14)6-3-7-18)17(23)15-11-24-13-19-15/h11,13-14H,1-10,12H2. The maximum atomic E-state index is 12.6. The number of nitrogens with zero attached hydrogens (tertiary/aromatic N) is 3. The Morgan fingerprint density at radius 2 is 2.00 bits per heavy atom. The van der Waals surface area contributed by atoms with E-state index >= 15 is 0 Å². The highest BCUT2D eigenvalue weighted by Gasteiger charge is 2.51. The Labute approximate surface area is 147 Å². The Bertz CT molecular complexity index is 606. The zero-order valence-corrected chi connectivity index (χ0v) is 14.9. The maximum Gasteiger partial charge on any atom is 0.273 e. The molecule has 2 aliphatic heterocycles. The summed E-state index contributed by atoms with van der Waals surface area (Å²) in [7, 11) is 0. The second kappa shape index (κ2) is 6.47. The van der Waals surface area contributed by atoms with Crippen molar-refractivity contribution in [1.82, 2.24) is 14.8 Å². The van der Waals surface area contributed by atoms with E-state index in [0.717, 1.165) is 45.4 Å². The summed E-state index contributed by atoms with van der Waals surface area (Å²) in [5.74, 6) is 0.850. The summed E-state index contributed by atoms with van der Waals surface area (Å²) in [6.07, 6.45) is 7.54. The third-order valence-electron chi connectivity index (χ3n) is 6.27. The van der Waals surface area contributed by atoms with Crippen LogP contribution in [0.1, 0.15) is 55.4 Å². The van der Waals surface area contributed by atoms with E-state index < -0.39 is 0 Å². The van der Waals surface area contributed by atoms with Crippen LogP contribution in [-0.2, 0) is 4.79 Å². The summed E-state index contributed by atoms with van der Waals surface area (Å²) in [5.41, 5.74) is 2.56. The van der Waals surface area contributed by atoms with E-state index in [2.05, 4.69) is 4.98 Å². The fraction of sp³-hybridized carbons (Fsp3) is 0.722. The second-order valence-corrected chi connectivity index (χ2v) is 8.32. The Morgan fingerprint density at radius 3 is 2.62 bits per heavy atom. The predicted octanol–water partition coefficient (Wildman–Crippen LogP) is 2.79. The molecule has 3 heterocycles. The summed E-state index contributed by atoms with van der Waals surface area (Å²) < 4.78 is 0. The molecule has 24 heavy (non-hydrogen) atoms. The third kappa shape index (κ3) is 2.85. The van der Waals surface area contributed by atoms with Gasteiger partial charge in [-0.1, -0.05) is 6.42 Å². The normalized spacial score (nSPS) is 25.2. The smallest absolute Gasteiger partial charge is 0.273 e. The Balaban J connectivity index is 1.39. The number of carbonyl (C=O) groups excluding carboxylic acids is 2. The molecular weight excluding hydrogens is 322 g/mol. The average molecular weight is 347 g/mol. The fourth-order valence-corrected chi connectivity index (χ4v) is 5.21. The van der Waals surface area contributed by atoms with Gasteiger partial charge < -0.3 is 9.80 Å². The summed E-state index contributed by atoms with van der Waals surface area (Å²) in [5, 5.41) is 1.83. The summed E-state index contributed by atoms with van der Waals surface area (Å²) >= 11 is 1.47. The van der Waals surface area contributed by atoms with E-state index in [1.165, 1.54) is 30.6 Å². The van der Waals surface area contributed by atoms with Gasteiger partial charge in [0, 0.05) is 38.0 Å². The number of carbonyl (C=O) groups is 2. The van der Waals surface area contributed by atoms with Gasteiger partial charge in [0.15, 0.2) is 0 Å². The van der Waals surface area contributed by atoms with Gasteiger partial charge in [0.2, 0.25) is 5.91 Å². The van der Waals surface area contributed by atoms with Crippen molar-refractivity contribution in [3.05, 3.63) is 16.6 Å². The zero-order valence-electron chi connectivity index (χ0n) is 14.1. The molecule has 130 valence electrons. The fourth-order valence-electron chi connectivity index (χ4n) is 4.69. The van der Waals surface area contributed by atoms with E-state index in [0.29, 0.717) is 23.9 Å². The molecule has 5 nitrogen and oxygen atoms in total. The number of hydrogen-bond acceptors (Lipinski definition) is 4. The predicted molar refractivity (Wildman–Crippen MR) is 92.8 cm³/mol. The number of rotatable bonds is 4. The Hall–Kier alpha value is -1.43. The Morgan fingerprint density at radius 1 is 1.21 bits per heavy atom. The number of hydrogen-bond donors (Lipinski definition) is 0. The van der Waals surface area contributed by atoms with Gasteiger partial charge in [-0.3, -0.25) is 9.59 Å². The molecule has 1 saturated carbocycles. The van der Waals surface area contributed by atoms with Crippen molar-refractivity contribution in [3.8, 4) is 0 Å². The highest BCUT2D eigenvalue weighted by molar-refractivity contribution is 7.07. The monoisotopic (exact) mass is 347 g/mol. The second-order valence-electron chi connectivity index (χ2n) is 7.60.